The number of carbonyl (C=O) groups excluding carboxylic acids is 2. The molecule has 1 N–H and O–H groups in total. The highest BCUT2D eigenvalue weighted by molar-refractivity contribution is 9.10. The molecule has 0 saturated carbocycles. The fraction of sp³-hybridized carbons (Fsp3) is 0.455. The standard InChI is InChI=1S/C11H13BrN4O2/c1-6(2)16-9(17)3-8(10(16)18)15-11-13-4-7(12)5-14-11/h4-6,8H,3H2,1-2H3,(H,13,14,15)/t8-/m0/s1. The Balaban J connectivity index is 2.10. The van der Waals surface area contributed by atoms with Crippen LogP contribution in [0.15, 0.2) is 16.9 Å². The molecule has 2 heterocycles. The summed E-state index contributed by atoms with van der Waals surface area (Å²) in [5.41, 5.74) is 0. The third-order valence-corrected chi connectivity index (χ3v) is 3.03. The van der Waals surface area contributed by atoms with Crippen molar-refractivity contribution < 1.29 is 9.59 Å². The first-order valence-corrected chi connectivity index (χ1v) is 6.38. The van der Waals surface area contributed by atoms with Crippen LogP contribution in [0.4, 0.5) is 5.95 Å². The predicted octanol–water partition coefficient (Wildman–Crippen LogP) is 1.19. The highest BCUT2D eigenvalue weighted by Gasteiger charge is 2.40. The van der Waals surface area contributed by atoms with Crippen molar-refractivity contribution in [3.05, 3.63) is 16.9 Å². The summed E-state index contributed by atoms with van der Waals surface area (Å²) in [6.07, 6.45) is 3.31. The van der Waals surface area contributed by atoms with Gasteiger partial charge in [-0.1, -0.05) is 0 Å². The lowest BCUT2D eigenvalue weighted by molar-refractivity contribution is -0.140. The largest absolute Gasteiger partial charge is 0.342 e. The smallest absolute Gasteiger partial charge is 0.252 e. The summed E-state index contributed by atoms with van der Waals surface area (Å²) in [6, 6.07) is -0.691. The molecule has 1 aliphatic heterocycles. The zero-order valence-electron chi connectivity index (χ0n) is 10.1. The first-order valence-electron chi connectivity index (χ1n) is 5.59. The summed E-state index contributed by atoms with van der Waals surface area (Å²) in [4.78, 5) is 33.0. The van der Waals surface area contributed by atoms with Crippen molar-refractivity contribution in [2.75, 3.05) is 5.32 Å². The van der Waals surface area contributed by atoms with E-state index in [1.54, 1.807) is 12.4 Å². The van der Waals surface area contributed by atoms with Gasteiger partial charge in [0.25, 0.3) is 5.91 Å². The van der Waals surface area contributed by atoms with Gasteiger partial charge in [-0.25, -0.2) is 9.97 Å². The fourth-order valence-electron chi connectivity index (χ4n) is 1.85. The summed E-state index contributed by atoms with van der Waals surface area (Å²) >= 11 is 3.23. The van der Waals surface area contributed by atoms with Crippen molar-refractivity contribution in [1.82, 2.24) is 14.9 Å². The van der Waals surface area contributed by atoms with Gasteiger partial charge in [0.15, 0.2) is 0 Å². The lowest BCUT2D eigenvalue weighted by atomic mass is 10.2. The van der Waals surface area contributed by atoms with Crippen LogP contribution in [-0.2, 0) is 9.59 Å². The maximum absolute atomic E-state index is 12.0. The highest BCUT2D eigenvalue weighted by atomic mass is 79.9. The van der Waals surface area contributed by atoms with Crippen molar-refractivity contribution in [1.29, 1.82) is 0 Å². The van der Waals surface area contributed by atoms with Crippen LogP contribution in [0.1, 0.15) is 20.3 Å². The minimum absolute atomic E-state index is 0.123. The first-order chi connectivity index (χ1) is 8.49. The van der Waals surface area contributed by atoms with Gasteiger partial charge in [0.1, 0.15) is 6.04 Å². The number of anilines is 1. The molecule has 0 radical (unpaired) electrons. The molecule has 2 amide bonds. The van der Waals surface area contributed by atoms with Crippen molar-refractivity contribution in [2.24, 2.45) is 0 Å². The van der Waals surface area contributed by atoms with Gasteiger partial charge >= 0.3 is 0 Å². The van der Waals surface area contributed by atoms with E-state index >= 15 is 0 Å². The van der Waals surface area contributed by atoms with Crippen LogP contribution in [0.5, 0.6) is 0 Å². The maximum atomic E-state index is 12.0. The van der Waals surface area contributed by atoms with Gasteiger partial charge in [0, 0.05) is 18.4 Å². The summed E-state index contributed by atoms with van der Waals surface area (Å²) in [5.74, 6) is -0.0407. The van der Waals surface area contributed by atoms with Crippen LogP contribution in [0.25, 0.3) is 0 Å². The molecular formula is C11H13BrN4O2. The lowest BCUT2D eigenvalue weighted by Gasteiger charge is -2.19. The Bertz CT molecular complexity index is 474. The lowest BCUT2D eigenvalue weighted by Crippen LogP contribution is -2.39. The van der Waals surface area contributed by atoms with E-state index in [0.29, 0.717) is 5.95 Å². The van der Waals surface area contributed by atoms with E-state index in [-0.39, 0.29) is 24.3 Å². The van der Waals surface area contributed by atoms with E-state index in [0.717, 1.165) is 4.47 Å². The number of aromatic nitrogens is 2. The molecule has 0 spiro atoms. The number of likely N-dealkylation sites (tertiary alicyclic amines) is 1. The molecule has 6 nitrogen and oxygen atoms in total. The van der Waals surface area contributed by atoms with E-state index < -0.39 is 6.04 Å². The summed E-state index contributed by atoms with van der Waals surface area (Å²) in [7, 11) is 0. The average Bonchev–Trinajstić information content (AvgIpc) is 2.57. The number of hydrogen-bond donors (Lipinski definition) is 1. The Labute approximate surface area is 113 Å². The number of halogens is 1. The number of nitrogens with one attached hydrogen (secondary N) is 1. The van der Waals surface area contributed by atoms with Crippen LogP contribution in [0.3, 0.4) is 0 Å². The molecule has 0 unspecified atom stereocenters. The summed E-state index contributed by atoms with van der Waals surface area (Å²) in [6.45, 7) is 3.63. The van der Waals surface area contributed by atoms with Crippen LogP contribution in [0, 0.1) is 0 Å². The average molecular weight is 313 g/mol. The molecule has 0 bridgehead atoms. The Kier molecular flexibility index (Phi) is 3.60. The monoisotopic (exact) mass is 312 g/mol. The van der Waals surface area contributed by atoms with Gasteiger partial charge in [-0.2, -0.15) is 0 Å². The van der Waals surface area contributed by atoms with Gasteiger partial charge in [0.2, 0.25) is 11.9 Å². The minimum atomic E-state index is -0.568. The Morgan fingerprint density at radius 2 is 2.00 bits per heavy atom. The molecule has 0 aromatic carbocycles. The van der Waals surface area contributed by atoms with E-state index in [1.165, 1.54) is 4.90 Å². The van der Waals surface area contributed by atoms with Gasteiger partial charge < -0.3 is 5.32 Å². The third kappa shape index (κ3) is 2.50. The zero-order chi connectivity index (χ0) is 13.3. The molecule has 96 valence electrons. The van der Waals surface area contributed by atoms with E-state index in [1.807, 2.05) is 13.8 Å². The van der Waals surface area contributed by atoms with Crippen LogP contribution < -0.4 is 5.32 Å². The van der Waals surface area contributed by atoms with E-state index in [9.17, 15) is 9.59 Å². The second kappa shape index (κ2) is 5.01. The van der Waals surface area contributed by atoms with Crippen molar-refractivity contribution in [3.8, 4) is 0 Å². The second-order valence-electron chi connectivity index (χ2n) is 4.32. The van der Waals surface area contributed by atoms with Crippen LogP contribution in [0.2, 0.25) is 0 Å². The van der Waals surface area contributed by atoms with Crippen molar-refractivity contribution in [2.45, 2.75) is 32.4 Å². The fourth-order valence-corrected chi connectivity index (χ4v) is 2.05. The molecule has 2 rings (SSSR count). The first kappa shape index (κ1) is 12.9. The molecule has 1 fully saturated rings. The predicted molar refractivity (Wildman–Crippen MR) is 68.7 cm³/mol. The van der Waals surface area contributed by atoms with Gasteiger partial charge in [-0.3, -0.25) is 14.5 Å². The molecule has 1 atom stereocenters. The van der Waals surface area contributed by atoms with Gasteiger partial charge in [0.05, 0.1) is 10.9 Å². The van der Waals surface area contributed by atoms with Gasteiger partial charge in [-0.05, 0) is 29.8 Å². The highest BCUT2D eigenvalue weighted by Crippen LogP contribution is 2.19. The molecule has 1 aliphatic rings. The molecule has 1 saturated heterocycles. The van der Waals surface area contributed by atoms with E-state index in [4.69, 9.17) is 0 Å². The number of imide groups is 1. The maximum Gasteiger partial charge on any atom is 0.252 e. The second-order valence-corrected chi connectivity index (χ2v) is 5.24. The quantitative estimate of drug-likeness (QED) is 0.848. The normalized spacial score (nSPS) is 19.8. The Morgan fingerprint density at radius 1 is 1.39 bits per heavy atom. The van der Waals surface area contributed by atoms with Crippen LogP contribution in [-0.4, -0.2) is 38.8 Å². The zero-order valence-corrected chi connectivity index (χ0v) is 11.6. The summed E-state index contributed by atoms with van der Waals surface area (Å²) < 4.78 is 0.755. The summed E-state index contributed by atoms with van der Waals surface area (Å²) in [5, 5.41) is 2.88. The topological polar surface area (TPSA) is 75.2 Å². The third-order valence-electron chi connectivity index (χ3n) is 2.62. The SMILES string of the molecule is CC(C)N1C(=O)C[C@H](Nc2ncc(Br)cn2)C1=O. The molecule has 7 heteroatoms. The van der Waals surface area contributed by atoms with Gasteiger partial charge in [-0.15, -0.1) is 0 Å². The molecule has 1 aromatic heterocycles. The van der Waals surface area contributed by atoms with Crippen molar-refractivity contribution in [3.63, 3.8) is 0 Å². The number of hydrogen-bond acceptors (Lipinski definition) is 5. The van der Waals surface area contributed by atoms with Crippen LogP contribution >= 0.6 is 15.9 Å². The molecule has 0 aliphatic carbocycles. The number of rotatable bonds is 3. The number of carbonyl (C=O) groups is 2. The van der Waals surface area contributed by atoms with E-state index in [2.05, 4.69) is 31.2 Å². The minimum Gasteiger partial charge on any atom is -0.342 e. The molecular weight excluding hydrogens is 300 g/mol. The Morgan fingerprint density at radius 3 is 2.50 bits per heavy atom. The number of amides is 2. The molecule has 18 heavy (non-hydrogen) atoms. The van der Waals surface area contributed by atoms with Crippen molar-refractivity contribution >= 4 is 33.7 Å². The number of nitrogens with zero attached hydrogens (tertiary/aromatic N) is 3. The Hall–Kier alpha value is -1.50. The molecule has 1 aromatic rings.